The van der Waals surface area contributed by atoms with E-state index in [1.165, 1.54) is 51.0 Å². The third-order valence-corrected chi connectivity index (χ3v) is 5.03. The molecule has 4 nitrogen and oxygen atoms in total. The molecule has 3 rings (SSSR count). The molecule has 2 aliphatic heterocycles. The van der Waals surface area contributed by atoms with Crippen molar-refractivity contribution in [3.8, 4) is 11.5 Å². The summed E-state index contributed by atoms with van der Waals surface area (Å²) in [5.41, 5.74) is 2.30. The minimum Gasteiger partial charge on any atom is -0.490 e. The Morgan fingerprint density at radius 1 is 1.12 bits per heavy atom. The zero-order valence-electron chi connectivity index (χ0n) is 15.8. The lowest BCUT2D eigenvalue weighted by Crippen LogP contribution is -2.59. The first-order valence-electron chi connectivity index (χ1n) is 9.65. The maximum atomic E-state index is 5.80. The van der Waals surface area contributed by atoms with Gasteiger partial charge in [0.05, 0.1) is 6.61 Å². The second-order valence-electron chi connectivity index (χ2n) is 7.40. The van der Waals surface area contributed by atoms with Gasteiger partial charge in [-0.15, -0.1) is 0 Å². The van der Waals surface area contributed by atoms with Crippen LogP contribution in [-0.2, 0) is 6.54 Å². The molecule has 0 saturated carbocycles. The molecule has 25 heavy (non-hydrogen) atoms. The summed E-state index contributed by atoms with van der Waals surface area (Å²) in [6.45, 7) is 15.0. The molecule has 138 valence electrons. The Morgan fingerprint density at radius 3 is 2.56 bits per heavy atom. The van der Waals surface area contributed by atoms with Gasteiger partial charge in [0.1, 0.15) is 6.61 Å². The molecule has 0 atom stereocenters. The molecule has 0 unspecified atom stereocenters. The molecule has 2 saturated heterocycles. The minimum atomic E-state index is 0.531. The number of rotatable bonds is 8. The number of ether oxygens (including phenoxy) is 2. The Morgan fingerprint density at radius 2 is 1.88 bits per heavy atom. The minimum absolute atomic E-state index is 0.531. The van der Waals surface area contributed by atoms with Gasteiger partial charge in [-0.3, -0.25) is 9.80 Å². The Hall–Kier alpha value is -1.52. The molecule has 0 aromatic heterocycles. The first kappa shape index (κ1) is 18.3. The first-order chi connectivity index (χ1) is 12.2. The fourth-order valence-electron chi connectivity index (χ4n) is 3.68. The molecule has 0 amide bonds. The van der Waals surface area contributed by atoms with Crippen molar-refractivity contribution < 1.29 is 9.47 Å². The number of hydrogen-bond acceptors (Lipinski definition) is 4. The summed E-state index contributed by atoms with van der Waals surface area (Å²) in [5, 5.41) is 0. The molecule has 1 aromatic rings. The summed E-state index contributed by atoms with van der Waals surface area (Å²) in [6, 6.07) is 7.09. The first-order valence-corrected chi connectivity index (χ1v) is 9.65. The van der Waals surface area contributed by atoms with E-state index in [4.69, 9.17) is 9.47 Å². The molecular weight excluding hydrogens is 312 g/mol. The number of hydrogen-bond donors (Lipinski definition) is 0. The van der Waals surface area contributed by atoms with Crippen LogP contribution in [0.1, 0.15) is 38.7 Å². The summed E-state index contributed by atoms with van der Waals surface area (Å²) in [5.74, 6) is 1.65. The molecule has 2 heterocycles. The highest BCUT2D eigenvalue weighted by Crippen LogP contribution is 2.30. The van der Waals surface area contributed by atoms with Gasteiger partial charge in [0.25, 0.3) is 0 Å². The monoisotopic (exact) mass is 344 g/mol. The van der Waals surface area contributed by atoms with Gasteiger partial charge in [-0.2, -0.15) is 0 Å². The second kappa shape index (κ2) is 8.72. The van der Waals surface area contributed by atoms with Crippen molar-refractivity contribution in [2.24, 2.45) is 0 Å². The molecule has 0 radical (unpaired) electrons. The Labute approximate surface area is 152 Å². The van der Waals surface area contributed by atoms with Crippen LogP contribution in [0.4, 0.5) is 0 Å². The van der Waals surface area contributed by atoms with Gasteiger partial charge in [0.15, 0.2) is 11.5 Å². The zero-order valence-corrected chi connectivity index (χ0v) is 15.8. The average Bonchev–Trinajstić information content (AvgIpc) is 2.58. The predicted octanol–water partition coefficient (Wildman–Crippen LogP) is 3.71. The molecule has 0 aliphatic carbocycles. The van der Waals surface area contributed by atoms with E-state index in [-0.39, 0.29) is 0 Å². The van der Waals surface area contributed by atoms with Crippen molar-refractivity contribution >= 4 is 0 Å². The van der Waals surface area contributed by atoms with Gasteiger partial charge >= 0.3 is 0 Å². The predicted molar refractivity (Wildman–Crippen MR) is 102 cm³/mol. The van der Waals surface area contributed by atoms with Gasteiger partial charge in [0, 0.05) is 25.7 Å². The van der Waals surface area contributed by atoms with E-state index in [0.717, 1.165) is 29.7 Å². The highest BCUT2D eigenvalue weighted by molar-refractivity contribution is 5.43. The van der Waals surface area contributed by atoms with E-state index >= 15 is 0 Å². The number of piperidine rings is 1. The third-order valence-electron chi connectivity index (χ3n) is 5.03. The van der Waals surface area contributed by atoms with Crippen LogP contribution in [0.2, 0.25) is 0 Å². The normalized spacial score (nSPS) is 19.4. The quantitative estimate of drug-likeness (QED) is 0.671. The molecule has 1 aromatic carbocycles. The second-order valence-corrected chi connectivity index (χ2v) is 7.40. The lowest BCUT2D eigenvalue weighted by Gasteiger charge is -2.46. The van der Waals surface area contributed by atoms with Gasteiger partial charge in [0.2, 0.25) is 0 Å². The van der Waals surface area contributed by atoms with Crippen molar-refractivity contribution in [1.29, 1.82) is 0 Å². The average molecular weight is 344 g/mol. The van der Waals surface area contributed by atoms with Crippen molar-refractivity contribution in [3.63, 3.8) is 0 Å². The lowest BCUT2D eigenvalue weighted by molar-refractivity contribution is 0.0185. The molecule has 0 spiro atoms. The fraction of sp³-hybridized carbons (Fsp3) is 0.619. The summed E-state index contributed by atoms with van der Waals surface area (Å²) in [7, 11) is 0. The molecule has 2 aliphatic rings. The number of nitrogens with zero attached hydrogens (tertiary/aromatic N) is 2. The van der Waals surface area contributed by atoms with Crippen LogP contribution in [0.3, 0.4) is 0 Å². The standard InChI is InChI=1S/C21H32N2O2/c1-4-24-21-12-18(8-9-20(21)25-16-17(2)3)13-22-14-19(15-22)23-10-6-5-7-11-23/h8-9,12,19H,2,4-7,10-11,13-16H2,1,3H3. The number of likely N-dealkylation sites (tertiary alicyclic amines) is 2. The van der Waals surface area contributed by atoms with E-state index < -0.39 is 0 Å². The smallest absolute Gasteiger partial charge is 0.161 e. The van der Waals surface area contributed by atoms with Crippen molar-refractivity contribution in [2.45, 2.75) is 45.7 Å². The summed E-state index contributed by atoms with van der Waals surface area (Å²) >= 11 is 0. The van der Waals surface area contributed by atoms with Gasteiger partial charge in [-0.1, -0.05) is 19.1 Å². The van der Waals surface area contributed by atoms with Crippen molar-refractivity contribution in [3.05, 3.63) is 35.9 Å². The lowest BCUT2D eigenvalue weighted by atomic mass is 10.0. The maximum absolute atomic E-state index is 5.80. The van der Waals surface area contributed by atoms with Crippen molar-refractivity contribution in [2.75, 3.05) is 39.4 Å². The largest absolute Gasteiger partial charge is 0.490 e. The van der Waals surface area contributed by atoms with Crippen LogP contribution in [0, 0.1) is 0 Å². The highest BCUT2D eigenvalue weighted by atomic mass is 16.5. The topological polar surface area (TPSA) is 24.9 Å². The summed E-state index contributed by atoms with van der Waals surface area (Å²) < 4.78 is 11.6. The fourth-order valence-corrected chi connectivity index (χ4v) is 3.68. The van der Waals surface area contributed by atoms with Crippen LogP contribution in [-0.4, -0.2) is 55.2 Å². The van der Waals surface area contributed by atoms with E-state index in [2.05, 4.69) is 28.5 Å². The molecular formula is C21H32N2O2. The van der Waals surface area contributed by atoms with Crippen LogP contribution in [0.25, 0.3) is 0 Å². The van der Waals surface area contributed by atoms with Crippen LogP contribution in [0.5, 0.6) is 11.5 Å². The van der Waals surface area contributed by atoms with E-state index in [0.29, 0.717) is 13.2 Å². The van der Waals surface area contributed by atoms with E-state index in [1.54, 1.807) is 0 Å². The molecule has 2 fully saturated rings. The van der Waals surface area contributed by atoms with Gasteiger partial charge in [-0.05, 0) is 63.0 Å². The molecule has 4 heteroatoms. The third kappa shape index (κ3) is 4.99. The highest BCUT2D eigenvalue weighted by Gasteiger charge is 2.32. The van der Waals surface area contributed by atoms with Crippen LogP contribution >= 0.6 is 0 Å². The SMILES string of the molecule is C=C(C)COc1ccc(CN2CC(N3CCCCC3)C2)cc1OCC. The van der Waals surface area contributed by atoms with Crippen molar-refractivity contribution in [1.82, 2.24) is 9.80 Å². The molecule has 0 bridgehead atoms. The Bertz CT molecular complexity index is 575. The van der Waals surface area contributed by atoms with Gasteiger partial charge in [-0.25, -0.2) is 0 Å². The number of benzene rings is 1. The summed E-state index contributed by atoms with van der Waals surface area (Å²) in [4.78, 5) is 5.21. The molecule has 0 N–H and O–H groups in total. The maximum Gasteiger partial charge on any atom is 0.161 e. The van der Waals surface area contributed by atoms with Crippen LogP contribution in [0.15, 0.2) is 30.4 Å². The van der Waals surface area contributed by atoms with Crippen LogP contribution < -0.4 is 9.47 Å². The Balaban J connectivity index is 1.54. The summed E-state index contributed by atoms with van der Waals surface area (Å²) in [6.07, 6.45) is 4.16. The van der Waals surface area contributed by atoms with E-state index in [9.17, 15) is 0 Å². The Kier molecular flexibility index (Phi) is 6.38. The van der Waals surface area contributed by atoms with Gasteiger partial charge < -0.3 is 9.47 Å². The van der Waals surface area contributed by atoms with E-state index in [1.807, 2.05) is 19.9 Å². The zero-order chi connectivity index (χ0) is 17.6.